The van der Waals surface area contributed by atoms with E-state index in [1.165, 1.54) is 16.7 Å². The lowest BCUT2D eigenvalue weighted by Crippen LogP contribution is -2.33. The summed E-state index contributed by atoms with van der Waals surface area (Å²) >= 11 is 0. The van der Waals surface area contributed by atoms with Crippen molar-refractivity contribution in [3.05, 3.63) is 87.2 Å². The van der Waals surface area contributed by atoms with Crippen LogP contribution in [0.5, 0.6) is 5.75 Å². The van der Waals surface area contributed by atoms with Crippen LogP contribution in [0.15, 0.2) is 53.5 Å². The molecule has 1 aliphatic heterocycles. The van der Waals surface area contributed by atoms with E-state index in [-0.39, 0.29) is 17.1 Å². The Kier molecular flexibility index (Phi) is 6.84. The van der Waals surface area contributed by atoms with Crippen molar-refractivity contribution in [1.82, 2.24) is 9.13 Å². The van der Waals surface area contributed by atoms with Gasteiger partial charge in [0.1, 0.15) is 17.1 Å². The number of aromatic nitrogens is 2. The molecule has 0 saturated heterocycles. The molecular weight excluding hydrogens is 499 g/mol. The summed E-state index contributed by atoms with van der Waals surface area (Å²) in [5, 5.41) is 11.0. The molecule has 0 bridgehead atoms. The Labute approximate surface area is 226 Å². The van der Waals surface area contributed by atoms with Crippen LogP contribution < -0.4 is 10.3 Å². The molecule has 1 aliphatic rings. The summed E-state index contributed by atoms with van der Waals surface area (Å²) in [4.78, 5) is 26.5. The number of benzene rings is 2. The van der Waals surface area contributed by atoms with Gasteiger partial charge in [-0.05, 0) is 87.1 Å². The minimum absolute atomic E-state index is 0.286. The number of carboxylic acid groups (broad SMARTS) is 1. The van der Waals surface area contributed by atoms with Gasteiger partial charge in [-0.25, -0.2) is 9.18 Å². The molecule has 2 aromatic heterocycles. The maximum Gasteiger partial charge on any atom is 0.339 e. The molecule has 0 fully saturated rings. The lowest BCUT2D eigenvalue weighted by Gasteiger charge is -2.29. The van der Waals surface area contributed by atoms with Crippen molar-refractivity contribution in [3.8, 4) is 16.9 Å². The number of hydrogen-bond acceptors (Lipinski definition) is 4. The van der Waals surface area contributed by atoms with Gasteiger partial charge in [-0.2, -0.15) is 0 Å². The maximum atomic E-state index is 13.9. The molecule has 0 radical (unpaired) electrons. The van der Waals surface area contributed by atoms with E-state index in [2.05, 4.69) is 0 Å². The van der Waals surface area contributed by atoms with Crippen LogP contribution in [0.3, 0.4) is 0 Å². The summed E-state index contributed by atoms with van der Waals surface area (Å²) in [5.41, 5.74) is 3.99. The van der Waals surface area contributed by atoms with E-state index in [0.29, 0.717) is 29.6 Å². The van der Waals surface area contributed by atoms with Crippen molar-refractivity contribution < 1.29 is 23.8 Å². The first-order valence-corrected chi connectivity index (χ1v) is 13.1. The maximum absolute atomic E-state index is 13.9. The lowest BCUT2D eigenvalue weighted by molar-refractivity contribution is -0.161. The second-order valence-electron chi connectivity index (χ2n) is 11.1. The fourth-order valence-corrected chi connectivity index (χ4v) is 5.45. The largest absolute Gasteiger partial charge is 0.493 e. The fraction of sp³-hybridized carbons (Fsp3) is 0.355. The minimum Gasteiger partial charge on any atom is -0.493 e. The van der Waals surface area contributed by atoms with Crippen molar-refractivity contribution in [3.63, 3.8) is 0 Å². The predicted octanol–water partition coefficient (Wildman–Crippen LogP) is 5.77. The van der Waals surface area contributed by atoms with Crippen molar-refractivity contribution in [2.24, 2.45) is 7.05 Å². The normalized spacial score (nSPS) is 14.2. The Balaban J connectivity index is 1.82. The number of pyridine rings is 1. The van der Waals surface area contributed by atoms with Crippen LogP contribution in [-0.2, 0) is 29.5 Å². The smallest absolute Gasteiger partial charge is 0.339 e. The van der Waals surface area contributed by atoms with Gasteiger partial charge in [0.15, 0.2) is 6.10 Å². The Morgan fingerprint density at radius 1 is 1.15 bits per heavy atom. The van der Waals surface area contributed by atoms with Crippen molar-refractivity contribution in [1.29, 1.82) is 0 Å². The van der Waals surface area contributed by atoms with Gasteiger partial charge >= 0.3 is 5.97 Å². The van der Waals surface area contributed by atoms with Crippen molar-refractivity contribution in [2.75, 3.05) is 6.61 Å². The van der Waals surface area contributed by atoms with E-state index in [9.17, 15) is 19.1 Å². The first-order chi connectivity index (χ1) is 18.5. The SMILES string of the molecule is Cc1c(-c2c(C(OC(C)(C)C)C(=O)O)n(C)c(=O)c3c2ccn3Cc2ccc(F)cc2)ccc2c1CCCO2. The topological polar surface area (TPSA) is 82.7 Å². The highest BCUT2D eigenvalue weighted by Gasteiger charge is 2.34. The molecule has 0 aliphatic carbocycles. The molecule has 8 heteroatoms. The van der Waals surface area contributed by atoms with E-state index < -0.39 is 17.7 Å². The van der Waals surface area contributed by atoms with E-state index in [1.54, 1.807) is 40.0 Å². The van der Waals surface area contributed by atoms with Crippen LogP contribution in [0.25, 0.3) is 22.0 Å². The summed E-state index contributed by atoms with van der Waals surface area (Å²) in [5.74, 6) is -0.672. The molecule has 1 atom stereocenters. The third-order valence-corrected chi connectivity index (χ3v) is 7.22. The standard InChI is InChI=1S/C31H33FN2O5/c1-18-21-7-6-16-38-24(21)13-12-22(18)25-23-14-15-34(17-19-8-10-20(32)11-9-19)26(23)29(35)33(5)27(25)28(30(36)37)39-31(2,3)4/h8-15,28H,6-7,16-17H2,1-5H3,(H,36,37). The van der Waals surface area contributed by atoms with Crippen LogP contribution in [0, 0.1) is 12.7 Å². The summed E-state index contributed by atoms with van der Waals surface area (Å²) in [6, 6.07) is 11.9. The van der Waals surface area contributed by atoms with Gasteiger partial charge in [-0.15, -0.1) is 0 Å². The third-order valence-electron chi connectivity index (χ3n) is 7.22. The van der Waals surface area contributed by atoms with Gasteiger partial charge in [0, 0.05) is 30.7 Å². The quantitative estimate of drug-likeness (QED) is 0.341. The zero-order chi connectivity index (χ0) is 28.1. The molecule has 7 nitrogen and oxygen atoms in total. The van der Waals surface area contributed by atoms with Gasteiger partial charge in [-0.3, -0.25) is 4.79 Å². The predicted molar refractivity (Wildman–Crippen MR) is 148 cm³/mol. The molecule has 0 saturated carbocycles. The molecule has 39 heavy (non-hydrogen) atoms. The average Bonchev–Trinajstić information content (AvgIpc) is 3.30. The first kappa shape index (κ1) is 26.7. The Morgan fingerprint density at radius 2 is 1.87 bits per heavy atom. The number of carboxylic acids is 1. The minimum atomic E-state index is -1.38. The number of rotatable bonds is 6. The average molecular weight is 533 g/mol. The highest BCUT2D eigenvalue weighted by atomic mass is 19.1. The lowest BCUT2D eigenvalue weighted by atomic mass is 9.89. The molecule has 204 valence electrons. The Hall–Kier alpha value is -3.91. The van der Waals surface area contributed by atoms with E-state index in [4.69, 9.17) is 9.47 Å². The number of nitrogens with zero attached hydrogens (tertiary/aromatic N) is 2. The number of halogens is 1. The highest BCUT2D eigenvalue weighted by molar-refractivity contribution is 5.99. The number of carbonyl (C=O) groups is 1. The Bertz CT molecular complexity index is 1630. The van der Waals surface area contributed by atoms with Crippen LogP contribution >= 0.6 is 0 Å². The van der Waals surface area contributed by atoms with Gasteiger partial charge in [0.2, 0.25) is 0 Å². The van der Waals surface area contributed by atoms with Crippen LogP contribution in [0.2, 0.25) is 0 Å². The summed E-state index contributed by atoms with van der Waals surface area (Å²) < 4.78 is 28.7. The first-order valence-electron chi connectivity index (χ1n) is 13.1. The summed E-state index contributed by atoms with van der Waals surface area (Å²) in [6.45, 7) is 8.41. The number of hydrogen-bond donors (Lipinski definition) is 1. The van der Waals surface area contributed by atoms with Gasteiger partial charge in [-0.1, -0.05) is 18.2 Å². The van der Waals surface area contributed by atoms with E-state index in [0.717, 1.165) is 40.8 Å². The molecule has 1 N–H and O–H groups in total. The Morgan fingerprint density at radius 3 is 2.54 bits per heavy atom. The van der Waals surface area contributed by atoms with Gasteiger partial charge in [0.25, 0.3) is 5.56 Å². The van der Waals surface area contributed by atoms with Crippen LogP contribution in [-0.4, -0.2) is 32.4 Å². The molecule has 3 heterocycles. The highest BCUT2D eigenvalue weighted by Crippen LogP contribution is 2.42. The number of ether oxygens (including phenoxy) is 2. The molecule has 5 rings (SSSR count). The number of aliphatic carboxylic acids is 1. The fourth-order valence-electron chi connectivity index (χ4n) is 5.45. The summed E-state index contributed by atoms with van der Waals surface area (Å²) in [6.07, 6.45) is 2.19. The molecule has 1 unspecified atom stereocenters. The van der Waals surface area contributed by atoms with Gasteiger partial charge < -0.3 is 23.7 Å². The van der Waals surface area contributed by atoms with E-state index in [1.807, 2.05) is 35.9 Å². The molecule has 4 aromatic rings. The molecule has 0 amide bonds. The third kappa shape index (κ3) is 4.96. The van der Waals surface area contributed by atoms with E-state index >= 15 is 0 Å². The van der Waals surface area contributed by atoms with Gasteiger partial charge in [0.05, 0.1) is 17.9 Å². The van der Waals surface area contributed by atoms with Crippen LogP contribution in [0.4, 0.5) is 4.39 Å². The zero-order valence-corrected chi connectivity index (χ0v) is 22.9. The second-order valence-corrected chi connectivity index (χ2v) is 11.1. The zero-order valence-electron chi connectivity index (χ0n) is 22.9. The monoisotopic (exact) mass is 532 g/mol. The molecular formula is C31H33FN2O5. The van der Waals surface area contributed by atoms with Crippen molar-refractivity contribution >= 4 is 16.9 Å². The summed E-state index contributed by atoms with van der Waals surface area (Å²) in [7, 11) is 1.59. The van der Waals surface area contributed by atoms with Crippen molar-refractivity contribution in [2.45, 2.75) is 58.8 Å². The van der Waals surface area contributed by atoms with Crippen LogP contribution in [0.1, 0.15) is 55.7 Å². The molecule has 0 spiro atoms. The number of fused-ring (bicyclic) bond motifs is 2. The molecule has 2 aromatic carbocycles. The second kappa shape index (κ2) is 10.0.